The maximum absolute atomic E-state index is 10.9. The molecule has 0 atom stereocenters. The van der Waals surface area contributed by atoms with Crippen LogP contribution in [0.25, 0.3) is 11.3 Å². The van der Waals surface area contributed by atoms with Crippen molar-refractivity contribution in [2.75, 3.05) is 0 Å². The molecule has 0 aliphatic heterocycles. The summed E-state index contributed by atoms with van der Waals surface area (Å²) in [5.41, 5.74) is 1.17. The van der Waals surface area contributed by atoms with Gasteiger partial charge in [-0.25, -0.2) is 14.8 Å². The number of carboxylic acid groups (broad SMARTS) is 1. The van der Waals surface area contributed by atoms with Gasteiger partial charge in [-0.2, -0.15) is 0 Å². The Morgan fingerprint density at radius 1 is 1.47 bits per heavy atom. The molecule has 0 amide bonds. The van der Waals surface area contributed by atoms with E-state index in [9.17, 15) is 4.79 Å². The molecule has 1 N–H and O–H groups in total. The number of carbonyl (C=O) groups is 1. The van der Waals surface area contributed by atoms with Crippen LogP contribution in [0.2, 0.25) is 0 Å². The third-order valence-corrected chi connectivity index (χ3v) is 1.99. The molecule has 0 unspecified atom stereocenters. The molecule has 5 nitrogen and oxygen atoms in total. The summed E-state index contributed by atoms with van der Waals surface area (Å²) in [7, 11) is 1.83. The van der Waals surface area contributed by atoms with Gasteiger partial charge < -0.3 is 9.67 Å². The lowest BCUT2D eigenvalue weighted by molar-refractivity contribution is 0.0691. The van der Waals surface area contributed by atoms with Crippen LogP contribution in [-0.2, 0) is 7.05 Å². The summed E-state index contributed by atoms with van der Waals surface area (Å²) in [6.45, 7) is 0. The molecule has 0 radical (unpaired) electrons. The van der Waals surface area contributed by atoms with Crippen molar-refractivity contribution in [3.05, 3.63) is 36.5 Å². The highest BCUT2D eigenvalue weighted by Crippen LogP contribution is 2.19. The molecule has 0 fully saturated rings. The Morgan fingerprint density at radius 2 is 2.27 bits per heavy atom. The number of aromatic nitrogens is 3. The van der Waals surface area contributed by atoms with Crippen LogP contribution in [0.5, 0.6) is 0 Å². The van der Waals surface area contributed by atoms with E-state index in [1.807, 2.05) is 7.05 Å². The predicted molar refractivity (Wildman–Crippen MR) is 53.4 cm³/mol. The zero-order valence-corrected chi connectivity index (χ0v) is 8.08. The second-order valence-corrected chi connectivity index (χ2v) is 3.13. The van der Waals surface area contributed by atoms with Crippen LogP contribution in [0.1, 0.15) is 10.5 Å². The molecule has 0 aromatic carbocycles. The van der Waals surface area contributed by atoms with Crippen LogP contribution in [0, 0.1) is 0 Å². The van der Waals surface area contributed by atoms with E-state index < -0.39 is 5.97 Å². The molecule has 15 heavy (non-hydrogen) atoms. The maximum Gasteiger partial charge on any atom is 0.355 e. The number of carboxylic acids is 1. The van der Waals surface area contributed by atoms with Crippen LogP contribution in [0.3, 0.4) is 0 Å². The number of aromatic carboxylic acids is 1. The summed E-state index contributed by atoms with van der Waals surface area (Å²) in [5.74, 6) is -1.05. The number of hydrogen-bond acceptors (Lipinski definition) is 3. The van der Waals surface area contributed by atoms with E-state index in [1.54, 1.807) is 29.2 Å². The van der Waals surface area contributed by atoms with E-state index in [4.69, 9.17) is 5.11 Å². The topological polar surface area (TPSA) is 68.0 Å². The van der Waals surface area contributed by atoms with Gasteiger partial charge in [0.2, 0.25) is 0 Å². The van der Waals surface area contributed by atoms with Gasteiger partial charge in [0.15, 0.2) is 5.69 Å². The van der Waals surface area contributed by atoms with Gasteiger partial charge in [0.25, 0.3) is 0 Å². The first kappa shape index (κ1) is 9.39. The van der Waals surface area contributed by atoms with Crippen LogP contribution in [0.4, 0.5) is 0 Å². The third kappa shape index (κ3) is 1.71. The number of hydrogen-bond donors (Lipinski definition) is 1. The van der Waals surface area contributed by atoms with E-state index in [0.29, 0.717) is 11.3 Å². The van der Waals surface area contributed by atoms with Gasteiger partial charge in [-0.3, -0.25) is 0 Å². The second-order valence-electron chi connectivity index (χ2n) is 3.13. The molecule has 0 saturated heterocycles. The van der Waals surface area contributed by atoms with Crippen molar-refractivity contribution in [2.45, 2.75) is 0 Å². The second kappa shape index (κ2) is 3.53. The molecule has 0 spiro atoms. The van der Waals surface area contributed by atoms with E-state index in [2.05, 4.69) is 9.97 Å². The zero-order chi connectivity index (χ0) is 10.8. The number of pyridine rings is 1. The van der Waals surface area contributed by atoms with Gasteiger partial charge in [0.1, 0.15) is 0 Å². The molecule has 0 aliphatic carbocycles. The lowest BCUT2D eigenvalue weighted by atomic mass is 10.1. The molecule has 0 bridgehead atoms. The highest BCUT2D eigenvalue weighted by atomic mass is 16.4. The standard InChI is InChI=1S/C10H9N3O2/c1-13-5-8(12-6-13)7-3-2-4-11-9(7)10(14)15/h2-6H,1H3,(H,14,15). The lowest BCUT2D eigenvalue weighted by Gasteiger charge is -2.00. The number of aryl methyl sites for hydroxylation is 1. The van der Waals surface area contributed by atoms with Crippen LogP contribution in [0.15, 0.2) is 30.9 Å². The smallest absolute Gasteiger partial charge is 0.355 e. The van der Waals surface area contributed by atoms with E-state index in [1.165, 1.54) is 6.20 Å². The largest absolute Gasteiger partial charge is 0.476 e. The summed E-state index contributed by atoms with van der Waals surface area (Å²) in [6, 6.07) is 3.38. The summed E-state index contributed by atoms with van der Waals surface area (Å²) in [6.07, 6.45) is 4.83. The van der Waals surface area contributed by atoms with E-state index >= 15 is 0 Å². The van der Waals surface area contributed by atoms with Gasteiger partial charge in [0.05, 0.1) is 12.0 Å². The molecular weight excluding hydrogens is 194 g/mol. The summed E-state index contributed by atoms with van der Waals surface area (Å²) in [5, 5.41) is 8.94. The molecule has 0 aliphatic rings. The Kier molecular flexibility index (Phi) is 2.21. The minimum Gasteiger partial charge on any atom is -0.476 e. The van der Waals surface area contributed by atoms with Crippen molar-refractivity contribution in [3.8, 4) is 11.3 Å². The Bertz CT molecular complexity index is 505. The Balaban J connectivity index is 2.57. The first-order chi connectivity index (χ1) is 7.18. The molecular formula is C10H9N3O2. The van der Waals surface area contributed by atoms with E-state index in [-0.39, 0.29) is 5.69 Å². The summed E-state index contributed by atoms with van der Waals surface area (Å²) >= 11 is 0. The van der Waals surface area contributed by atoms with Crippen LogP contribution < -0.4 is 0 Å². The normalized spacial score (nSPS) is 10.2. The predicted octanol–water partition coefficient (Wildman–Crippen LogP) is 1.18. The van der Waals surface area contributed by atoms with Gasteiger partial charge >= 0.3 is 5.97 Å². The van der Waals surface area contributed by atoms with Crippen molar-refractivity contribution < 1.29 is 9.90 Å². The first-order valence-electron chi connectivity index (χ1n) is 4.35. The molecule has 5 heteroatoms. The van der Waals surface area contributed by atoms with Gasteiger partial charge in [-0.05, 0) is 12.1 Å². The van der Waals surface area contributed by atoms with Crippen molar-refractivity contribution >= 4 is 5.97 Å². The maximum atomic E-state index is 10.9. The fourth-order valence-electron chi connectivity index (χ4n) is 1.33. The van der Waals surface area contributed by atoms with E-state index in [0.717, 1.165) is 0 Å². The number of rotatable bonds is 2. The number of nitrogens with zero attached hydrogens (tertiary/aromatic N) is 3. The first-order valence-corrected chi connectivity index (χ1v) is 4.35. The molecule has 2 aromatic rings. The third-order valence-electron chi connectivity index (χ3n) is 1.99. The fraction of sp³-hybridized carbons (Fsp3) is 0.100. The fourth-order valence-corrected chi connectivity index (χ4v) is 1.33. The molecule has 0 saturated carbocycles. The zero-order valence-electron chi connectivity index (χ0n) is 8.08. The highest BCUT2D eigenvalue weighted by molar-refractivity contribution is 5.93. The average molecular weight is 203 g/mol. The van der Waals surface area contributed by atoms with Gasteiger partial charge in [-0.15, -0.1) is 0 Å². The SMILES string of the molecule is Cn1cnc(-c2cccnc2C(=O)O)c1. The minimum atomic E-state index is -1.05. The summed E-state index contributed by atoms with van der Waals surface area (Å²) < 4.78 is 1.76. The quantitative estimate of drug-likeness (QED) is 0.795. The lowest BCUT2D eigenvalue weighted by Crippen LogP contribution is -2.02. The van der Waals surface area contributed by atoms with Crippen LogP contribution >= 0.6 is 0 Å². The Hall–Kier alpha value is -2.17. The Morgan fingerprint density at radius 3 is 2.87 bits per heavy atom. The van der Waals surface area contributed by atoms with Crippen molar-refractivity contribution in [1.29, 1.82) is 0 Å². The molecule has 2 heterocycles. The Labute approximate surface area is 86.0 Å². The highest BCUT2D eigenvalue weighted by Gasteiger charge is 2.13. The van der Waals surface area contributed by atoms with Crippen molar-refractivity contribution in [2.24, 2.45) is 7.05 Å². The van der Waals surface area contributed by atoms with Crippen molar-refractivity contribution in [3.63, 3.8) is 0 Å². The monoisotopic (exact) mass is 203 g/mol. The molecule has 2 rings (SSSR count). The van der Waals surface area contributed by atoms with Crippen LogP contribution in [-0.4, -0.2) is 25.6 Å². The summed E-state index contributed by atoms with van der Waals surface area (Å²) in [4.78, 5) is 18.8. The van der Waals surface area contributed by atoms with Gasteiger partial charge in [0, 0.05) is 25.0 Å². The van der Waals surface area contributed by atoms with Gasteiger partial charge in [-0.1, -0.05) is 0 Å². The number of imidazole rings is 1. The average Bonchev–Trinajstić information content (AvgIpc) is 2.65. The van der Waals surface area contributed by atoms with Crippen molar-refractivity contribution in [1.82, 2.24) is 14.5 Å². The minimum absolute atomic E-state index is 0.0243. The molecule has 76 valence electrons. The molecule has 2 aromatic heterocycles.